The number of carbonyl (C=O) groups excluding carboxylic acids is 1. The van der Waals surface area contributed by atoms with E-state index < -0.39 is 76.4 Å². The second kappa shape index (κ2) is 10.5. The summed E-state index contributed by atoms with van der Waals surface area (Å²) in [6, 6.07) is 1.53. The van der Waals surface area contributed by atoms with E-state index in [0.29, 0.717) is 12.1 Å². The number of ketones is 1. The Morgan fingerprint density at radius 2 is 1.92 bits per heavy atom. The summed E-state index contributed by atoms with van der Waals surface area (Å²) in [5, 5.41) is 32.3. The zero-order valence-electron chi connectivity index (χ0n) is 18.8. The summed E-state index contributed by atoms with van der Waals surface area (Å²) in [5.41, 5.74) is -0.617. The van der Waals surface area contributed by atoms with Crippen LogP contribution in [0.25, 0.3) is 0 Å². The molecule has 1 fully saturated rings. The first-order valence-electron chi connectivity index (χ1n) is 10.7. The van der Waals surface area contributed by atoms with Gasteiger partial charge in [0.05, 0.1) is 30.9 Å². The smallest absolute Gasteiger partial charge is 0.333 e. The quantitative estimate of drug-likeness (QED) is 0.271. The topological polar surface area (TPSA) is 183 Å². The van der Waals surface area contributed by atoms with Crippen molar-refractivity contribution in [3.05, 3.63) is 71.2 Å². The van der Waals surface area contributed by atoms with Crippen molar-refractivity contribution in [3.63, 3.8) is 0 Å². The van der Waals surface area contributed by atoms with E-state index in [1.807, 2.05) is 0 Å². The molecule has 5 N–H and O–H groups in total. The lowest BCUT2D eigenvalue weighted by Crippen LogP contribution is -2.36. The van der Waals surface area contributed by atoms with E-state index in [1.165, 1.54) is 18.5 Å². The van der Waals surface area contributed by atoms with Crippen molar-refractivity contribution in [2.75, 3.05) is 11.9 Å². The molecule has 0 saturated heterocycles. The Morgan fingerprint density at radius 3 is 2.59 bits per heavy atom. The molecule has 2 heterocycles. The number of nitrogens with zero attached hydrogens (tertiary/aromatic N) is 4. The lowest BCUT2D eigenvalue weighted by atomic mass is 10.1. The molecular formula is C21H21F3N6O6S. The van der Waals surface area contributed by atoms with Crippen molar-refractivity contribution in [2.24, 2.45) is 11.1 Å². The minimum Gasteiger partial charge on any atom is -0.390 e. The first-order valence-corrected chi connectivity index (χ1v) is 12.2. The highest BCUT2D eigenvalue weighted by molar-refractivity contribution is 7.84. The molecule has 16 heteroatoms. The maximum Gasteiger partial charge on any atom is 0.333 e. The van der Waals surface area contributed by atoms with Crippen LogP contribution in [0.3, 0.4) is 0 Å². The monoisotopic (exact) mass is 542 g/mol. The van der Waals surface area contributed by atoms with Crippen LogP contribution in [0.2, 0.25) is 0 Å². The molecule has 4 rings (SSSR count). The highest BCUT2D eigenvalue weighted by Crippen LogP contribution is 2.30. The lowest BCUT2D eigenvalue weighted by Gasteiger charge is -2.19. The minimum absolute atomic E-state index is 0.00515. The lowest BCUT2D eigenvalue weighted by molar-refractivity contribution is 0.00778. The predicted molar refractivity (Wildman–Crippen MR) is 120 cm³/mol. The predicted octanol–water partition coefficient (Wildman–Crippen LogP) is 0.112. The summed E-state index contributed by atoms with van der Waals surface area (Å²) >= 11 is 0. The van der Waals surface area contributed by atoms with Gasteiger partial charge in [0.1, 0.15) is 41.4 Å². The van der Waals surface area contributed by atoms with Gasteiger partial charge in [-0.15, -0.1) is 0 Å². The van der Waals surface area contributed by atoms with E-state index in [0.717, 1.165) is 11.0 Å². The number of rotatable bonds is 9. The van der Waals surface area contributed by atoms with Crippen molar-refractivity contribution < 1.29 is 40.8 Å². The summed E-state index contributed by atoms with van der Waals surface area (Å²) in [5.74, 6) is -4.72. The van der Waals surface area contributed by atoms with Crippen molar-refractivity contribution in [2.45, 2.75) is 31.2 Å². The molecule has 0 amide bonds. The molecule has 3 aromatic rings. The van der Waals surface area contributed by atoms with E-state index in [4.69, 9.17) is 5.14 Å². The molecule has 0 aliphatic heterocycles. The number of nitrogens with one attached hydrogen (secondary N) is 1. The second-order valence-corrected chi connectivity index (χ2v) is 9.59. The van der Waals surface area contributed by atoms with Gasteiger partial charge in [0.25, 0.3) is 0 Å². The number of halogens is 3. The number of nitrogens with two attached hydrogens (primary N) is 1. The number of anilines is 1. The molecule has 0 radical (unpaired) electrons. The van der Waals surface area contributed by atoms with Crippen LogP contribution in [0.15, 0.2) is 36.9 Å². The van der Waals surface area contributed by atoms with Gasteiger partial charge in [0.2, 0.25) is 5.78 Å². The van der Waals surface area contributed by atoms with E-state index in [2.05, 4.69) is 24.6 Å². The Bertz CT molecular complexity index is 1400. The average molecular weight is 542 g/mol. The molecule has 1 aliphatic rings. The van der Waals surface area contributed by atoms with Gasteiger partial charge in [-0.2, -0.15) is 13.5 Å². The van der Waals surface area contributed by atoms with Gasteiger partial charge in [-0.1, -0.05) is 0 Å². The third kappa shape index (κ3) is 6.11. The van der Waals surface area contributed by atoms with E-state index in [9.17, 15) is 36.6 Å². The van der Waals surface area contributed by atoms with Crippen molar-refractivity contribution in [1.82, 2.24) is 19.7 Å². The molecule has 0 bridgehead atoms. The Kier molecular flexibility index (Phi) is 7.56. The fourth-order valence-corrected chi connectivity index (χ4v) is 4.36. The third-order valence-electron chi connectivity index (χ3n) is 5.83. The maximum absolute atomic E-state index is 14.0. The van der Waals surface area contributed by atoms with Gasteiger partial charge in [0, 0.05) is 36.0 Å². The van der Waals surface area contributed by atoms with E-state index >= 15 is 0 Å². The third-order valence-corrected chi connectivity index (χ3v) is 6.29. The van der Waals surface area contributed by atoms with Crippen LogP contribution in [-0.2, 0) is 21.0 Å². The normalized spacial score (nSPS) is 21.8. The number of hydrogen-bond acceptors (Lipinski definition) is 10. The Labute approximate surface area is 208 Å². The van der Waals surface area contributed by atoms with Crippen LogP contribution in [0, 0.1) is 23.4 Å². The van der Waals surface area contributed by atoms with Gasteiger partial charge in [0.15, 0.2) is 0 Å². The summed E-state index contributed by atoms with van der Waals surface area (Å²) in [7, 11) is -4.25. The molecule has 1 aliphatic carbocycles. The number of aromatic nitrogens is 4. The van der Waals surface area contributed by atoms with Crippen LogP contribution in [0.1, 0.15) is 28.0 Å². The van der Waals surface area contributed by atoms with E-state index in [-0.39, 0.29) is 23.5 Å². The SMILES string of the molecule is NS(=O)(=O)OC[C@H]1C[C@@H](Nc2ncncc2C(=O)c2ccn(Cc3c(F)cc(F)cc3F)n2)[C@H](O)[C@@H]1O. The summed E-state index contributed by atoms with van der Waals surface area (Å²) in [6.07, 6.45) is 0.986. The molecule has 12 nitrogen and oxygen atoms in total. The van der Waals surface area contributed by atoms with Crippen LogP contribution in [0.5, 0.6) is 0 Å². The zero-order valence-corrected chi connectivity index (χ0v) is 19.6. The van der Waals surface area contributed by atoms with Gasteiger partial charge in [-0.25, -0.2) is 28.3 Å². The van der Waals surface area contributed by atoms with Crippen molar-refractivity contribution >= 4 is 21.9 Å². The standard InChI is InChI=1S/C21H21F3N6O6S/c22-11-4-14(23)13(15(24)5-11)7-30-2-1-16(29-30)19(32)12-6-26-9-27-21(12)28-17-3-10(18(31)20(17)33)8-36-37(25,34)35/h1-2,4-6,9-10,17-18,20,31,33H,3,7-8H2,(H2,25,34,35)(H,26,27,28)/t10-,17-,18-,20+/m1/s1. The summed E-state index contributed by atoms with van der Waals surface area (Å²) in [4.78, 5) is 20.9. The maximum atomic E-state index is 14.0. The number of hydrogen-bond donors (Lipinski definition) is 4. The van der Waals surface area contributed by atoms with Gasteiger partial charge < -0.3 is 15.5 Å². The number of aliphatic hydroxyl groups is 2. The Morgan fingerprint density at radius 1 is 1.22 bits per heavy atom. The second-order valence-electron chi connectivity index (χ2n) is 8.37. The molecule has 198 valence electrons. The fraction of sp³-hybridized carbons (Fsp3) is 0.333. The van der Waals surface area contributed by atoms with Crippen LogP contribution < -0.4 is 10.5 Å². The highest BCUT2D eigenvalue weighted by atomic mass is 32.2. The largest absolute Gasteiger partial charge is 0.390 e. The van der Waals surface area contributed by atoms with Crippen LogP contribution in [-0.4, -0.2) is 69.0 Å². The summed E-state index contributed by atoms with van der Waals surface area (Å²) < 4.78 is 68.8. The van der Waals surface area contributed by atoms with E-state index in [1.54, 1.807) is 0 Å². The van der Waals surface area contributed by atoms with Gasteiger partial charge in [-0.05, 0) is 12.5 Å². The first kappa shape index (κ1) is 26.6. The Hall–Kier alpha value is -3.44. The average Bonchev–Trinajstić information content (AvgIpc) is 3.40. The highest BCUT2D eigenvalue weighted by Gasteiger charge is 2.42. The van der Waals surface area contributed by atoms with Gasteiger partial charge >= 0.3 is 10.3 Å². The molecule has 4 atom stereocenters. The number of aliphatic hydroxyl groups excluding tert-OH is 2. The van der Waals surface area contributed by atoms with Crippen LogP contribution >= 0.6 is 0 Å². The molecule has 0 unspecified atom stereocenters. The number of benzene rings is 1. The molecule has 1 aromatic carbocycles. The molecule has 1 saturated carbocycles. The van der Waals surface area contributed by atoms with Gasteiger partial charge in [-0.3, -0.25) is 13.7 Å². The van der Waals surface area contributed by atoms with Crippen molar-refractivity contribution in [3.8, 4) is 0 Å². The molecule has 37 heavy (non-hydrogen) atoms. The summed E-state index contributed by atoms with van der Waals surface area (Å²) in [6.45, 7) is -0.868. The molecule has 2 aromatic heterocycles. The van der Waals surface area contributed by atoms with Crippen molar-refractivity contribution in [1.29, 1.82) is 0 Å². The number of carbonyl (C=O) groups is 1. The minimum atomic E-state index is -4.25. The zero-order chi connectivity index (χ0) is 26.9. The van der Waals surface area contributed by atoms with Crippen LogP contribution in [0.4, 0.5) is 19.0 Å². The first-order chi connectivity index (χ1) is 17.4. The fourth-order valence-electron chi connectivity index (χ4n) is 4.00. The molecule has 0 spiro atoms. The Balaban J connectivity index is 1.50. The molecular weight excluding hydrogens is 521 g/mol.